The molecule has 4 rings (SSSR count). The van der Waals surface area contributed by atoms with Crippen molar-refractivity contribution in [1.29, 1.82) is 0 Å². The van der Waals surface area contributed by atoms with Gasteiger partial charge in [0.15, 0.2) is 0 Å². The highest BCUT2D eigenvalue weighted by atomic mass is 19.1. The van der Waals surface area contributed by atoms with Crippen LogP contribution in [0.25, 0.3) is 0 Å². The van der Waals surface area contributed by atoms with Crippen LogP contribution in [-0.2, 0) is 15.1 Å². The Bertz CT molecular complexity index is 1010. The Morgan fingerprint density at radius 1 is 1.32 bits per heavy atom. The zero-order chi connectivity index (χ0) is 22.2. The monoisotopic (exact) mass is 429 g/mol. The van der Waals surface area contributed by atoms with Gasteiger partial charge in [0, 0.05) is 18.8 Å². The van der Waals surface area contributed by atoms with Crippen LogP contribution in [0.5, 0.6) is 0 Å². The first-order valence-corrected chi connectivity index (χ1v) is 10.2. The smallest absolute Gasteiger partial charge is 0.322 e. The van der Waals surface area contributed by atoms with Crippen LogP contribution in [0.1, 0.15) is 43.1 Å². The zero-order valence-electron chi connectivity index (χ0n) is 17.0. The van der Waals surface area contributed by atoms with Crippen molar-refractivity contribution in [3.63, 3.8) is 0 Å². The minimum atomic E-state index is -1.45. The Labute approximate surface area is 178 Å². The molecule has 1 aliphatic carbocycles. The van der Waals surface area contributed by atoms with Crippen molar-refractivity contribution in [2.24, 2.45) is 0 Å². The van der Waals surface area contributed by atoms with Gasteiger partial charge in [0.2, 0.25) is 5.91 Å². The summed E-state index contributed by atoms with van der Waals surface area (Å²) in [5.41, 5.74) is -1.06. The fourth-order valence-electron chi connectivity index (χ4n) is 4.49. The number of halogens is 1. The first kappa shape index (κ1) is 21.0. The van der Waals surface area contributed by atoms with E-state index in [0.29, 0.717) is 18.4 Å². The molecular formula is C21H24FN5O4. The minimum Gasteiger partial charge on any atom is -0.389 e. The highest BCUT2D eigenvalue weighted by molar-refractivity contribution is 6.07. The van der Waals surface area contributed by atoms with Gasteiger partial charge in [-0.05, 0) is 43.9 Å². The molecule has 10 heteroatoms. The number of nitrogens with one attached hydrogen (secondary N) is 3. The van der Waals surface area contributed by atoms with Crippen LogP contribution in [0.3, 0.4) is 0 Å². The van der Waals surface area contributed by atoms with E-state index in [0.717, 1.165) is 5.82 Å². The highest BCUT2D eigenvalue weighted by Crippen LogP contribution is 2.33. The van der Waals surface area contributed by atoms with E-state index in [4.69, 9.17) is 0 Å². The predicted octanol–water partition coefficient (Wildman–Crippen LogP) is 1.03. The van der Waals surface area contributed by atoms with Crippen molar-refractivity contribution in [2.75, 3.05) is 0 Å². The average molecular weight is 429 g/mol. The van der Waals surface area contributed by atoms with Crippen molar-refractivity contribution >= 4 is 17.8 Å². The number of aromatic nitrogens is 2. The second kappa shape index (κ2) is 8.10. The van der Waals surface area contributed by atoms with Gasteiger partial charge in [0.25, 0.3) is 5.91 Å². The molecule has 4 N–H and O–H groups in total. The number of aryl methyl sites for hydroxylation is 1. The molecule has 0 spiro atoms. The van der Waals surface area contributed by atoms with Crippen LogP contribution >= 0.6 is 0 Å². The van der Waals surface area contributed by atoms with Gasteiger partial charge in [-0.15, -0.1) is 0 Å². The van der Waals surface area contributed by atoms with Gasteiger partial charge in [-0.2, -0.15) is 0 Å². The number of carbonyl (C=O) groups excluding carboxylic acids is 3. The lowest BCUT2D eigenvalue weighted by molar-refractivity contribution is -0.126. The molecule has 2 aromatic rings. The van der Waals surface area contributed by atoms with E-state index in [1.165, 1.54) is 24.3 Å². The van der Waals surface area contributed by atoms with Crippen LogP contribution in [0.2, 0.25) is 0 Å². The minimum absolute atomic E-state index is 0.00505. The number of nitrogens with zero attached hydrogens (tertiary/aromatic N) is 2. The van der Waals surface area contributed by atoms with Gasteiger partial charge in [0.05, 0.1) is 18.2 Å². The lowest BCUT2D eigenvalue weighted by atomic mass is 9.85. The summed E-state index contributed by atoms with van der Waals surface area (Å²) in [6.07, 6.45) is 3.94. The van der Waals surface area contributed by atoms with Crippen LogP contribution in [0.15, 0.2) is 36.7 Å². The third kappa shape index (κ3) is 3.90. The molecule has 2 aliphatic rings. The second-order valence-corrected chi connectivity index (χ2v) is 8.01. The van der Waals surface area contributed by atoms with E-state index >= 15 is 0 Å². The number of rotatable bonds is 6. The van der Waals surface area contributed by atoms with Crippen molar-refractivity contribution in [1.82, 2.24) is 25.5 Å². The van der Waals surface area contributed by atoms with Gasteiger partial charge in [-0.3, -0.25) is 14.9 Å². The third-order valence-corrected chi connectivity index (χ3v) is 6.15. The van der Waals surface area contributed by atoms with Crippen LogP contribution in [0.4, 0.5) is 9.18 Å². The second-order valence-electron chi connectivity index (χ2n) is 8.01. The molecule has 4 atom stereocenters. The van der Waals surface area contributed by atoms with E-state index in [1.807, 2.05) is 11.5 Å². The lowest BCUT2D eigenvalue weighted by Crippen LogP contribution is -2.46. The summed E-state index contributed by atoms with van der Waals surface area (Å²) in [6.45, 7) is 1.86. The van der Waals surface area contributed by atoms with Gasteiger partial charge in [-0.1, -0.05) is 12.1 Å². The van der Waals surface area contributed by atoms with Crippen LogP contribution < -0.4 is 16.0 Å². The molecule has 164 valence electrons. The summed E-state index contributed by atoms with van der Waals surface area (Å²) < 4.78 is 15.2. The summed E-state index contributed by atoms with van der Waals surface area (Å²) in [6, 6.07) is 3.96. The van der Waals surface area contributed by atoms with Crippen LogP contribution in [0, 0.1) is 12.7 Å². The number of aliphatic hydroxyl groups is 1. The first-order valence-electron chi connectivity index (χ1n) is 10.2. The molecular weight excluding hydrogens is 405 g/mol. The predicted molar refractivity (Wildman–Crippen MR) is 107 cm³/mol. The number of imide groups is 1. The van der Waals surface area contributed by atoms with Gasteiger partial charge in [-0.25, -0.2) is 14.2 Å². The maximum absolute atomic E-state index is 13.3. The SMILES string of the molecule is Cc1nccn1[C@@H]1CC[C@@H](NC(=O)CC[C@]2(c3ccc(F)cc3)NC(=O)NC2=O)[C@H]1O. The highest BCUT2D eigenvalue weighted by Gasteiger charge is 2.48. The molecule has 9 nitrogen and oxygen atoms in total. The number of imidazole rings is 1. The quantitative estimate of drug-likeness (QED) is 0.511. The standard InChI is InChI=1S/C21H24FN5O4/c1-12-23-10-11-27(12)16-7-6-15(18(16)29)24-17(28)8-9-21(19(30)25-20(31)26-21)13-2-4-14(22)5-3-13/h2-5,10-11,15-16,18,29H,6-9H2,1H3,(H,24,28)(H2,25,26,30,31)/t15-,16-,18-,21-/m1/s1. The molecule has 2 heterocycles. The topological polar surface area (TPSA) is 125 Å². The fraction of sp³-hybridized carbons (Fsp3) is 0.429. The van der Waals surface area contributed by atoms with Crippen molar-refractivity contribution in [3.8, 4) is 0 Å². The number of aliphatic hydroxyl groups excluding tert-OH is 1. The Morgan fingerprint density at radius 2 is 2.06 bits per heavy atom. The Hall–Kier alpha value is -3.27. The third-order valence-electron chi connectivity index (χ3n) is 6.15. The maximum atomic E-state index is 13.3. The molecule has 1 saturated carbocycles. The molecule has 0 bridgehead atoms. The zero-order valence-corrected chi connectivity index (χ0v) is 17.0. The summed E-state index contributed by atoms with van der Waals surface area (Å²) in [5, 5.41) is 18.3. The van der Waals surface area contributed by atoms with E-state index in [2.05, 4.69) is 20.9 Å². The van der Waals surface area contributed by atoms with Gasteiger partial charge in [0.1, 0.15) is 17.2 Å². The van der Waals surface area contributed by atoms with Crippen molar-refractivity contribution in [2.45, 2.75) is 56.3 Å². The molecule has 0 radical (unpaired) electrons. The summed E-state index contributed by atoms with van der Waals surface area (Å²) in [7, 11) is 0. The number of hydrogen-bond donors (Lipinski definition) is 4. The Morgan fingerprint density at radius 3 is 2.68 bits per heavy atom. The molecule has 31 heavy (non-hydrogen) atoms. The summed E-state index contributed by atoms with van der Waals surface area (Å²) >= 11 is 0. The Balaban J connectivity index is 1.42. The first-order chi connectivity index (χ1) is 14.8. The summed E-state index contributed by atoms with van der Waals surface area (Å²) in [5.74, 6) is -0.615. The average Bonchev–Trinajstić information content (AvgIpc) is 3.39. The maximum Gasteiger partial charge on any atom is 0.322 e. The molecule has 1 saturated heterocycles. The molecule has 0 unspecified atom stereocenters. The lowest BCUT2D eigenvalue weighted by Gasteiger charge is -2.27. The van der Waals surface area contributed by atoms with E-state index in [9.17, 15) is 23.9 Å². The van der Waals surface area contributed by atoms with E-state index in [1.54, 1.807) is 12.4 Å². The molecule has 1 aromatic heterocycles. The van der Waals surface area contributed by atoms with Crippen molar-refractivity contribution in [3.05, 3.63) is 53.9 Å². The molecule has 2 fully saturated rings. The van der Waals surface area contributed by atoms with Gasteiger partial charge < -0.3 is 20.3 Å². The number of urea groups is 1. The summed E-state index contributed by atoms with van der Waals surface area (Å²) in [4.78, 5) is 41.1. The van der Waals surface area contributed by atoms with Crippen molar-refractivity contribution < 1.29 is 23.9 Å². The normalized spacial score (nSPS) is 27.8. The largest absolute Gasteiger partial charge is 0.389 e. The number of amides is 4. The fourth-order valence-corrected chi connectivity index (χ4v) is 4.49. The molecule has 1 aliphatic heterocycles. The molecule has 4 amide bonds. The Kier molecular flexibility index (Phi) is 5.48. The van der Waals surface area contributed by atoms with E-state index in [-0.39, 0.29) is 24.8 Å². The number of benzene rings is 1. The number of hydrogen-bond acceptors (Lipinski definition) is 5. The number of carbonyl (C=O) groups is 3. The van der Waals surface area contributed by atoms with E-state index < -0.39 is 35.4 Å². The van der Waals surface area contributed by atoms with Crippen LogP contribution in [-0.4, -0.2) is 44.6 Å². The van der Waals surface area contributed by atoms with Gasteiger partial charge >= 0.3 is 6.03 Å². The molecule has 1 aromatic carbocycles.